The van der Waals surface area contributed by atoms with Crippen molar-refractivity contribution in [3.8, 4) is 0 Å². The largest absolute Gasteiger partial charge is 0.357 e. The van der Waals surface area contributed by atoms with Crippen molar-refractivity contribution in [2.45, 2.75) is 13.8 Å². The van der Waals surface area contributed by atoms with Crippen LogP contribution in [-0.2, 0) is 4.79 Å². The average Bonchev–Trinajstić information content (AvgIpc) is 2.51. The van der Waals surface area contributed by atoms with Crippen LogP contribution in [0.1, 0.15) is 18.1 Å². The summed E-state index contributed by atoms with van der Waals surface area (Å²) in [7, 11) is 0. The smallest absolute Gasteiger partial charge is 0.209 e. The average molecular weight is 289 g/mol. The number of amidine groups is 1. The number of aliphatic imine (C=N–C) groups is 1. The molecule has 1 aromatic rings. The van der Waals surface area contributed by atoms with Crippen molar-refractivity contribution < 1.29 is 4.79 Å². The number of aromatic amines is 1. The monoisotopic (exact) mass is 289 g/mol. The normalized spacial score (nSPS) is 16.0. The van der Waals surface area contributed by atoms with E-state index in [-0.39, 0.29) is 11.0 Å². The highest BCUT2D eigenvalue weighted by molar-refractivity contribution is 5.88. The van der Waals surface area contributed by atoms with E-state index < -0.39 is 0 Å². The lowest BCUT2D eigenvalue weighted by atomic mass is 10.2. The number of piperazine rings is 1. The van der Waals surface area contributed by atoms with Gasteiger partial charge in [0, 0.05) is 44.2 Å². The Balaban J connectivity index is 2.24. The molecule has 0 atom stereocenters. The predicted molar refractivity (Wildman–Crippen MR) is 81.7 cm³/mol. The van der Waals surface area contributed by atoms with Gasteiger partial charge >= 0.3 is 0 Å². The molecule has 0 aromatic carbocycles. The summed E-state index contributed by atoms with van der Waals surface area (Å²) in [6.07, 6.45) is 3.49. The second-order valence-corrected chi connectivity index (χ2v) is 4.99. The van der Waals surface area contributed by atoms with E-state index in [1.165, 1.54) is 0 Å². The van der Waals surface area contributed by atoms with Gasteiger partial charge in [0.25, 0.3) is 0 Å². The number of rotatable bonds is 3. The summed E-state index contributed by atoms with van der Waals surface area (Å²) in [6, 6.07) is 0. The highest BCUT2D eigenvalue weighted by Crippen LogP contribution is 2.13. The third-order valence-electron chi connectivity index (χ3n) is 3.62. The Bertz CT molecular complexity index is 627. The van der Waals surface area contributed by atoms with Crippen LogP contribution in [0.15, 0.2) is 16.0 Å². The fourth-order valence-corrected chi connectivity index (χ4v) is 2.25. The molecule has 1 aromatic heterocycles. The summed E-state index contributed by atoms with van der Waals surface area (Å²) in [6.45, 7) is 6.32. The van der Waals surface area contributed by atoms with Crippen molar-refractivity contribution in [1.29, 1.82) is 5.41 Å². The number of H-pyrrole nitrogens is 1. The van der Waals surface area contributed by atoms with Crippen molar-refractivity contribution in [2.75, 3.05) is 26.2 Å². The number of pyridine rings is 1. The maximum Gasteiger partial charge on any atom is 0.209 e. The number of carbonyl (C=O) groups is 1. The number of hydrogen-bond acceptors (Lipinski definition) is 4. The van der Waals surface area contributed by atoms with Gasteiger partial charge in [-0.1, -0.05) is 0 Å². The van der Waals surface area contributed by atoms with Gasteiger partial charge in [-0.2, -0.15) is 0 Å². The minimum atomic E-state index is -0.180. The topological polar surface area (TPSA) is 92.6 Å². The number of amides is 1. The number of hydrogen-bond donors (Lipinski definition) is 2. The molecule has 1 aliphatic rings. The van der Waals surface area contributed by atoms with Crippen LogP contribution >= 0.6 is 0 Å². The van der Waals surface area contributed by atoms with Crippen molar-refractivity contribution in [3.63, 3.8) is 0 Å². The first-order valence-electron chi connectivity index (χ1n) is 6.79. The molecule has 0 saturated carbocycles. The molecule has 1 aliphatic heterocycles. The van der Waals surface area contributed by atoms with Crippen molar-refractivity contribution in [1.82, 2.24) is 14.8 Å². The summed E-state index contributed by atoms with van der Waals surface area (Å²) in [4.78, 5) is 33.8. The maximum atomic E-state index is 12.0. The molecule has 0 bridgehead atoms. The van der Waals surface area contributed by atoms with E-state index in [2.05, 4.69) is 14.9 Å². The van der Waals surface area contributed by atoms with Crippen LogP contribution in [0.25, 0.3) is 0 Å². The van der Waals surface area contributed by atoms with E-state index in [0.29, 0.717) is 37.6 Å². The third kappa shape index (κ3) is 3.18. The Morgan fingerprint density at radius 2 is 2.05 bits per heavy atom. The van der Waals surface area contributed by atoms with Crippen molar-refractivity contribution in [2.24, 2.45) is 4.99 Å². The van der Waals surface area contributed by atoms with Gasteiger partial charge in [0.05, 0.1) is 5.56 Å². The second-order valence-electron chi connectivity index (χ2n) is 4.99. The van der Waals surface area contributed by atoms with Crippen LogP contribution < -0.4 is 5.43 Å². The van der Waals surface area contributed by atoms with Crippen LogP contribution in [0, 0.1) is 12.3 Å². The summed E-state index contributed by atoms with van der Waals surface area (Å²) in [5, 5.41) is 7.39. The van der Waals surface area contributed by atoms with Crippen LogP contribution in [0.5, 0.6) is 0 Å². The second kappa shape index (κ2) is 6.34. The number of nitrogens with zero attached hydrogens (tertiary/aromatic N) is 3. The SMILES string of the molecule is CC(=Nc1[nH]cc(C)c(=O)c1C=N)N1CCN(C=O)CC1. The minimum absolute atomic E-state index is 0.180. The van der Waals surface area contributed by atoms with Gasteiger partial charge in [0.15, 0.2) is 5.43 Å². The molecule has 1 fully saturated rings. The highest BCUT2D eigenvalue weighted by atomic mass is 16.1. The fourth-order valence-electron chi connectivity index (χ4n) is 2.25. The van der Waals surface area contributed by atoms with Gasteiger partial charge in [0.1, 0.15) is 11.7 Å². The minimum Gasteiger partial charge on any atom is -0.357 e. The van der Waals surface area contributed by atoms with Crippen LogP contribution in [0.3, 0.4) is 0 Å². The Morgan fingerprint density at radius 1 is 1.38 bits per heavy atom. The first kappa shape index (κ1) is 15.0. The zero-order chi connectivity index (χ0) is 15.4. The highest BCUT2D eigenvalue weighted by Gasteiger charge is 2.17. The molecule has 1 amide bonds. The molecule has 0 aliphatic carbocycles. The zero-order valence-corrected chi connectivity index (χ0v) is 12.2. The third-order valence-corrected chi connectivity index (χ3v) is 3.62. The first-order valence-corrected chi connectivity index (χ1v) is 6.79. The summed E-state index contributed by atoms with van der Waals surface area (Å²) >= 11 is 0. The van der Waals surface area contributed by atoms with E-state index in [9.17, 15) is 9.59 Å². The number of aromatic nitrogens is 1. The molecule has 0 spiro atoms. The zero-order valence-electron chi connectivity index (χ0n) is 12.2. The van der Waals surface area contributed by atoms with Gasteiger partial charge in [0.2, 0.25) is 6.41 Å². The van der Waals surface area contributed by atoms with E-state index in [1.807, 2.05) is 6.92 Å². The lowest BCUT2D eigenvalue weighted by Crippen LogP contribution is -2.47. The summed E-state index contributed by atoms with van der Waals surface area (Å²) in [5.41, 5.74) is 0.645. The van der Waals surface area contributed by atoms with Gasteiger partial charge < -0.3 is 20.2 Å². The molecule has 0 radical (unpaired) electrons. The molecular weight excluding hydrogens is 270 g/mol. The van der Waals surface area contributed by atoms with Gasteiger partial charge in [-0.25, -0.2) is 4.99 Å². The van der Waals surface area contributed by atoms with Gasteiger partial charge in [-0.15, -0.1) is 0 Å². The molecule has 7 nitrogen and oxygen atoms in total. The predicted octanol–water partition coefficient (Wildman–Crippen LogP) is 0.505. The maximum absolute atomic E-state index is 12.0. The molecule has 0 unspecified atom stereocenters. The summed E-state index contributed by atoms with van der Waals surface area (Å²) < 4.78 is 0. The van der Waals surface area contributed by atoms with Gasteiger partial charge in [-0.05, 0) is 13.8 Å². The van der Waals surface area contributed by atoms with Crippen molar-refractivity contribution in [3.05, 3.63) is 27.5 Å². The van der Waals surface area contributed by atoms with Crippen LogP contribution in [0.4, 0.5) is 5.82 Å². The van der Waals surface area contributed by atoms with Gasteiger partial charge in [-0.3, -0.25) is 9.59 Å². The van der Waals surface area contributed by atoms with Crippen molar-refractivity contribution >= 4 is 24.3 Å². The lowest BCUT2D eigenvalue weighted by molar-refractivity contribution is -0.119. The Hall–Kier alpha value is -2.44. The quantitative estimate of drug-likeness (QED) is 0.482. The molecule has 112 valence electrons. The number of aryl methyl sites for hydroxylation is 1. The number of nitrogens with one attached hydrogen (secondary N) is 2. The lowest BCUT2D eigenvalue weighted by Gasteiger charge is -2.33. The Morgan fingerprint density at radius 3 is 2.62 bits per heavy atom. The van der Waals surface area contributed by atoms with E-state index in [4.69, 9.17) is 5.41 Å². The molecule has 2 heterocycles. The van der Waals surface area contributed by atoms with Crippen LogP contribution in [0.2, 0.25) is 0 Å². The molecular formula is C14H19N5O2. The Kier molecular flexibility index (Phi) is 4.52. The van der Waals surface area contributed by atoms with Crippen LogP contribution in [-0.4, -0.2) is 59.4 Å². The van der Waals surface area contributed by atoms with E-state index in [1.54, 1.807) is 18.0 Å². The standard InChI is InChI=1S/C14H19N5O2/c1-10-8-16-14(12(7-15)13(10)21)17-11(2)19-5-3-18(9-20)4-6-19/h7-9,15H,3-6H2,1-2H3,(H,16,21). The fraction of sp³-hybridized carbons (Fsp3) is 0.429. The summed E-state index contributed by atoms with van der Waals surface area (Å²) in [5.74, 6) is 1.17. The first-order chi connectivity index (χ1) is 10.1. The molecule has 7 heteroatoms. The molecule has 2 rings (SSSR count). The number of carbonyl (C=O) groups excluding carboxylic acids is 1. The van der Waals surface area contributed by atoms with E-state index in [0.717, 1.165) is 18.5 Å². The molecule has 1 saturated heterocycles. The molecule has 2 N–H and O–H groups in total. The molecule has 21 heavy (non-hydrogen) atoms. The van der Waals surface area contributed by atoms with E-state index >= 15 is 0 Å². The Labute approximate surface area is 122 Å².